The lowest BCUT2D eigenvalue weighted by Gasteiger charge is -2.33. The Morgan fingerprint density at radius 1 is 1.50 bits per heavy atom. The van der Waals surface area contributed by atoms with E-state index in [1.54, 1.807) is 0 Å². The molecule has 1 aliphatic heterocycles. The molecule has 0 aromatic heterocycles. The van der Waals surface area contributed by atoms with Gasteiger partial charge < -0.3 is 10.2 Å². The van der Waals surface area contributed by atoms with Gasteiger partial charge in [-0.15, -0.1) is 0 Å². The molecule has 1 unspecified atom stereocenters. The molecule has 0 aromatic rings. The van der Waals surface area contributed by atoms with E-state index in [1.807, 2.05) is 0 Å². The first-order valence-corrected chi connectivity index (χ1v) is 5.18. The topological polar surface area (TPSA) is 15.3 Å². The molecule has 2 heteroatoms. The average molecular weight is 170 g/mol. The third-order valence-corrected chi connectivity index (χ3v) is 2.54. The summed E-state index contributed by atoms with van der Waals surface area (Å²) in [6, 6.07) is 0.735. The van der Waals surface area contributed by atoms with E-state index in [-0.39, 0.29) is 0 Å². The fraction of sp³-hybridized carbons (Fsp3) is 1.00. The van der Waals surface area contributed by atoms with E-state index in [0.717, 1.165) is 12.0 Å². The highest BCUT2D eigenvalue weighted by Gasteiger charge is 2.18. The number of hydrogen-bond donors (Lipinski definition) is 1. The molecule has 0 aromatic carbocycles. The van der Waals surface area contributed by atoms with Crippen LogP contribution >= 0.6 is 0 Å². The molecule has 1 rings (SSSR count). The molecule has 0 spiro atoms. The van der Waals surface area contributed by atoms with Crippen molar-refractivity contribution in [1.29, 1.82) is 0 Å². The van der Waals surface area contributed by atoms with Gasteiger partial charge in [-0.25, -0.2) is 0 Å². The summed E-state index contributed by atoms with van der Waals surface area (Å²) in [6.45, 7) is 11.7. The van der Waals surface area contributed by atoms with Crippen LogP contribution in [0.4, 0.5) is 0 Å². The number of nitrogens with zero attached hydrogens (tertiary/aromatic N) is 1. The van der Waals surface area contributed by atoms with Gasteiger partial charge in [-0.2, -0.15) is 0 Å². The van der Waals surface area contributed by atoms with Crippen LogP contribution in [-0.2, 0) is 0 Å². The first-order chi connectivity index (χ1) is 5.72. The van der Waals surface area contributed by atoms with Crippen LogP contribution in [0.3, 0.4) is 0 Å². The molecule has 1 fully saturated rings. The fourth-order valence-electron chi connectivity index (χ4n) is 1.91. The summed E-state index contributed by atoms with van der Waals surface area (Å²) >= 11 is 0. The predicted molar refractivity (Wildman–Crippen MR) is 53.4 cm³/mol. The molecule has 2 nitrogen and oxygen atoms in total. The van der Waals surface area contributed by atoms with Gasteiger partial charge in [0.1, 0.15) is 0 Å². The first kappa shape index (κ1) is 10.0. The quantitative estimate of drug-likeness (QED) is 0.687. The van der Waals surface area contributed by atoms with Crippen molar-refractivity contribution in [2.45, 2.75) is 33.2 Å². The Balaban J connectivity index is 2.25. The molecule has 1 saturated heterocycles. The fourth-order valence-corrected chi connectivity index (χ4v) is 1.91. The van der Waals surface area contributed by atoms with E-state index >= 15 is 0 Å². The second-order valence-electron chi connectivity index (χ2n) is 4.17. The van der Waals surface area contributed by atoms with Crippen LogP contribution in [0.5, 0.6) is 0 Å². The number of likely N-dealkylation sites (N-methyl/N-ethyl adjacent to an activating group) is 1. The number of nitrogens with one attached hydrogen (secondary N) is 1. The summed E-state index contributed by atoms with van der Waals surface area (Å²) in [4.78, 5) is 2.53. The monoisotopic (exact) mass is 170 g/mol. The average Bonchev–Trinajstić information content (AvgIpc) is 2.03. The largest absolute Gasteiger partial charge is 0.311 e. The third kappa shape index (κ3) is 3.11. The van der Waals surface area contributed by atoms with Crippen LogP contribution in [0.25, 0.3) is 0 Å². The van der Waals surface area contributed by atoms with Crippen molar-refractivity contribution in [3.63, 3.8) is 0 Å². The van der Waals surface area contributed by atoms with Gasteiger partial charge in [0.05, 0.1) is 0 Å². The molecule has 0 amide bonds. The van der Waals surface area contributed by atoms with Crippen molar-refractivity contribution < 1.29 is 0 Å². The maximum absolute atomic E-state index is 3.57. The van der Waals surface area contributed by atoms with Crippen molar-refractivity contribution in [2.24, 2.45) is 5.92 Å². The van der Waals surface area contributed by atoms with E-state index in [0.29, 0.717) is 0 Å². The molecular formula is C10H22N2. The minimum absolute atomic E-state index is 0.735. The van der Waals surface area contributed by atoms with Gasteiger partial charge in [0.25, 0.3) is 0 Å². The van der Waals surface area contributed by atoms with Gasteiger partial charge in [0.15, 0.2) is 0 Å². The summed E-state index contributed by atoms with van der Waals surface area (Å²) < 4.78 is 0. The zero-order valence-corrected chi connectivity index (χ0v) is 8.64. The van der Waals surface area contributed by atoms with Crippen molar-refractivity contribution in [3.05, 3.63) is 0 Å². The Kier molecular flexibility index (Phi) is 4.02. The zero-order valence-electron chi connectivity index (χ0n) is 8.64. The lowest BCUT2D eigenvalue weighted by atomic mass is 10.0. The van der Waals surface area contributed by atoms with E-state index in [1.165, 1.54) is 32.6 Å². The molecule has 1 atom stereocenters. The molecule has 0 saturated carbocycles. The van der Waals surface area contributed by atoms with E-state index in [9.17, 15) is 0 Å². The second kappa shape index (κ2) is 4.83. The van der Waals surface area contributed by atoms with Crippen molar-refractivity contribution in [1.82, 2.24) is 10.2 Å². The summed E-state index contributed by atoms with van der Waals surface area (Å²) in [5, 5.41) is 3.57. The molecule has 72 valence electrons. The Morgan fingerprint density at radius 2 is 2.25 bits per heavy atom. The van der Waals surface area contributed by atoms with Crippen LogP contribution in [0.1, 0.15) is 27.2 Å². The summed E-state index contributed by atoms with van der Waals surface area (Å²) in [7, 11) is 0. The second-order valence-corrected chi connectivity index (χ2v) is 4.17. The minimum atomic E-state index is 0.735. The number of hydrogen-bond acceptors (Lipinski definition) is 2. The van der Waals surface area contributed by atoms with Crippen LogP contribution < -0.4 is 5.32 Å². The summed E-state index contributed by atoms with van der Waals surface area (Å²) in [5.74, 6) is 0.819. The number of rotatable bonds is 3. The lowest BCUT2D eigenvalue weighted by molar-refractivity contribution is 0.194. The van der Waals surface area contributed by atoms with Crippen molar-refractivity contribution >= 4 is 0 Å². The smallest absolute Gasteiger partial charge is 0.0197 e. The van der Waals surface area contributed by atoms with Crippen molar-refractivity contribution in [2.75, 3.05) is 26.2 Å². The maximum Gasteiger partial charge on any atom is 0.0197 e. The Labute approximate surface area is 76.3 Å². The first-order valence-electron chi connectivity index (χ1n) is 5.18. The molecule has 1 heterocycles. The van der Waals surface area contributed by atoms with E-state index in [4.69, 9.17) is 0 Å². The predicted octanol–water partition coefficient (Wildman–Crippen LogP) is 1.33. The van der Waals surface area contributed by atoms with Crippen LogP contribution in [0, 0.1) is 5.92 Å². The Bertz CT molecular complexity index is 123. The SMILES string of the molecule is CCN1CCNC(CC(C)C)C1. The highest BCUT2D eigenvalue weighted by Crippen LogP contribution is 2.08. The van der Waals surface area contributed by atoms with Crippen molar-refractivity contribution in [3.8, 4) is 0 Å². The Hall–Kier alpha value is -0.0800. The van der Waals surface area contributed by atoms with Gasteiger partial charge in [0, 0.05) is 25.7 Å². The molecule has 12 heavy (non-hydrogen) atoms. The summed E-state index contributed by atoms with van der Waals surface area (Å²) in [6.07, 6.45) is 1.32. The van der Waals surface area contributed by atoms with E-state index in [2.05, 4.69) is 31.0 Å². The zero-order chi connectivity index (χ0) is 8.97. The molecule has 0 aliphatic carbocycles. The van der Waals surface area contributed by atoms with Gasteiger partial charge in [-0.3, -0.25) is 0 Å². The molecule has 0 radical (unpaired) electrons. The third-order valence-electron chi connectivity index (χ3n) is 2.54. The van der Waals surface area contributed by atoms with Gasteiger partial charge in [-0.05, 0) is 18.9 Å². The normalized spacial score (nSPS) is 26.5. The van der Waals surface area contributed by atoms with Gasteiger partial charge in [0.2, 0.25) is 0 Å². The van der Waals surface area contributed by atoms with Crippen LogP contribution in [0.2, 0.25) is 0 Å². The summed E-state index contributed by atoms with van der Waals surface area (Å²) in [5.41, 5.74) is 0. The van der Waals surface area contributed by atoms with Gasteiger partial charge in [-0.1, -0.05) is 20.8 Å². The van der Waals surface area contributed by atoms with Gasteiger partial charge >= 0.3 is 0 Å². The van der Waals surface area contributed by atoms with E-state index < -0.39 is 0 Å². The molecule has 1 aliphatic rings. The van der Waals surface area contributed by atoms with Crippen LogP contribution in [0.15, 0.2) is 0 Å². The highest BCUT2D eigenvalue weighted by atomic mass is 15.2. The highest BCUT2D eigenvalue weighted by molar-refractivity contribution is 4.78. The molecule has 1 N–H and O–H groups in total. The minimum Gasteiger partial charge on any atom is -0.311 e. The molecule has 0 bridgehead atoms. The van der Waals surface area contributed by atoms with Crippen LogP contribution in [-0.4, -0.2) is 37.1 Å². The number of piperazine rings is 1. The molecular weight excluding hydrogens is 148 g/mol. The standard InChI is InChI=1S/C10H22N2/c1-4-12-6-5-11-10(8-12)7-9(2)3/h9-11H,4-8H2,1-3H3. The lowest BCUT2D eigenvalue weighted by Crippen LogP contribution is -2.50. The Morgan fingerprint density at radius 3 is 2.83 bits per heavy atom. The maximum atomic E-state index is 3.57.